The third kappa shape index (κ3) is 4.89. The van der Waals surface area contributed by atoms with Crippen LogP contribution in [0.15, 0.2) is 42.5 Å². The molecular weight excluding hydrogens is 329 g/mol. The van der Waals surface area contributed by atoms with Gasteiger partial charge in [-0.15, -0.1) is 0 Å². The van der Waals surface area contributed by atoms with Crippen molar-refractivity contribution in [2.45, 2.75) is 13.1 Å². The Morgan fingerprint density at radius 3 is 2.57 bits per heavy atom. The molecule has 0 aromatic heterocycles. The minimum atomic E-state index is -4.47. The van der Waals surface area contributed by atoms with E-state index < -0.39 is 11.7 Å². The molecule has 0 aliphatic carbocycles. The first-order chi connectivity index (χ1) is 10.8. The number of alkyl halides is 3. The van der Waals surface area contributed by atoms with Crippen LogP contribution in [0.1, 0.15) is 11.1 Å². The monoisotopic (exact) mass is 342 g/mol. The van der Waals surface area contributed by atoms with E-state index in [0.717, 1.165) is 23.8 Å². The number of hydrogen-bond donors (Lipinski definition) is 2. The second kappa shape index (κ2) is 6.91. The molecule has 1 amide bonds. The first-order valence-electron chi connectivity index (χ1n) is 6.73. The fraction of sp³-hybridized carbons (Fsp3) is 0.188. The van der Waals surface area contributed by atoms with E-state index in [-0.39, 0.29) is 23.2 Å². The van der Waals surface area contributed by atoms with Crippen molar-refractivity contribution in [2.75, 3.05) is 17.2 Å². The number of aryl methyl sites for hydroxylation is 1. The number of nitrogens with one attached hydrogen (secondary N) is 2. The predicted molar refractivity (Wildman–Crippen MR) is 84.8 cm³/mol. The molecule has 0 aliphatic rings. The topological polar surface area (TPSA) is 41.1 Å². The van der Waals surface area contributed by atoms with Gasteiger partial charge in [0.1, 0.15) is 0 Å². The van der Waals surface area contributed by atoms with E-state index in [1.165, 1.54) is 0 Å². The molecule has 0 saturated carbocycles. The molecule has 122 valence electrons. The summed E-state index contributed by atoms with van der Waals surface area (Å²) in [6.45, 7) is 1.69. The second-order valence-electron chi connectivity index (χ2n) is 4.96. The van der Waals surface area contributed by atoms with E-state index in [0.29, 0.717) is 5.69 Å². The highest BCUT2D eigenvalue weighted by molar-refractivity contribution is 6.33. The summed E-state index contributed by atoms with van der Waals surface area (Å²) in [7, 11) is 0. The van der Waals surface area contributed by atoms with Crippen molar-refractivity contribution >= 4 is 28.9 Å². The van der Waals surface area contributed by atoms with Gasteiger partial charge in [-0.05, 0) is 42.8 Å². The Morgan fingerprint density at radius 1 is 1.17 bits per heavy atom. The molecular formula is C16H14ClF3N2O. The Balaban J connectivity index is 2.01. The summed E-state index contributed by atoms with van der Waals surface area (Å²) in [5.74, 6) is -0.385. The fourth-order valence-corrected chi connectivity index (χ4v) is 2.12. The fourth-order valence-electron chi connectivity index (χ4n) is 1.94. The lowest BCUT2D eigenvalue weighted by Gasteiger charge is -2.12. The molecule has 3 nitrogen and oxygen atoms in total. The van der Waals surface area contributed by atoms with Crippen molar-refractivity contribution < 1.29 is 18.0 Å². The van der Waals surface area contributed by atoms with Gasteiger partial charge in [0.15, 0.2) is 0 Å². The molecule has 2 aromatic rings. The Kier molecular flexibility index (Phi) is 5.15. The van der Waals surface area contributed by atoms with Crippen molar-refractivity contribution in [1.29, 1.82) is 0 Å². The van der Waals surface area contributed by atoms with E-state index in [1.807, 2.05) is 13.0 Å². The maximum atomic E-state index is 12.7. The molecule has 2 rings (SSSR count). The van der Waals surface area contributed by atoms with Crippen LogP contribution in [-0.2, 0) is 11.0 Å². The highest BCUT2D eigenvalue weighted by Crippen LogP contribution is 2.33. The van der Waals surface area contributed by atoms with E-state index in [4.69, 9.17) is 11.6 Å². The van der Waals surface area contributed by atoms with Crippen LogP contribution in [0.5, 0.6) is 0 Å². The Hall–Kier alpha value is -2.21. The molecule has 2 N–H and O–H groups in total. The SMILES string of the molecule is Cc1cccc(NC(=O)CNc2cc(C(F)(F)F)ccc2Cl)c1. The molecule has 0 radical (unpaired) electrons. The van der Waals surface area contributed by atoms with Crippen molar-refractivity contribution in [3.8, 4) is 0 Å². The molecule has 0 heterocycles. The lowest BCUT2D eigenvalue weighted by Crippen LogP contribution is -2.22. The van der Waals surface area contributed by atoms with Crippen LogP contribution in [0.25, 0.3) is 0 Å². The van der Waals surface area contributed by atoms with E-state index in [9.17, 15) is 18.0 Å². The van der Waals surface area contributed by atoms with E-state index in [1.54, 1.807) is 18.2 Å². The normalized spacial score (nSPS) is 11.2. The first-order valence-corrected chi connectivity index (χ1v) is 7.10. The lowest BCUT2D eigenvalue weighted by molar-refractivity contribution is -0.137. The zero-order valence-electron chi connectivity index (χ0n) is 12.2. The largest absolute Gasteiger partial charge is 0.416 e. The minimum Gasteiger partial charge on any atom is -0.375 e. The number of halogens is 4. The number of carbonyl (C=O) groups is 1. The van der Waals surface area contributed by atoms with Gasteiger partial charge in [0, 0.05) is 5.69 Å². The number of amides is 1. The van der Waals surface area contributed by atoms with Gasteiger partial charge in [-0.25, -0.2) is 0 Å². The average Bonchev–Trinajstić information content (AvgIpc) is 2.45. The van der Waals surface area contributed by atoms with Gasteiger partial charge in [-0.2, -0.15) is 13.2 Å². The quantitative estimate of drug-likeness (QED) is 0.844. The van der Waals surface area contributed by atoms with Gasteiger partial charge in [0.05, 0.1) is 22.8 Å². The summed E-state index contributed by atoms with van der Waals surface area (Å²) in [5.41, 5.74) is 0.827. The molecule has 2 aromatic carbocycles. The van der Waals surface area contributed by atoms with Crippen LogP contribution in [0.3, 0.4) is 0 Å². The standard InChI is InChI=1S/C16H14ClF3N2O/c1-10-3-2-4-12(7-10)22-15(23)9-21-14-8-11(16(18,19)20)5-6-13(14)17/h2-8,21H,9H2,1H3,(H,22,23). The zero-order valence-corrected chi connectivity index (χ0v) is 12.9. The van der Waals surface area contributed by atoms with Gasteiger partial charge in [0.2, 0.25) is 5.91 Å². The number of rotatable bonds is 4. The van der Waals surface area contributed by atoms with Crippen LogP contribution in [0, 0.1) is 6.92 Å². The highest BCUT2D eigenvalue weighted by Gasteiger charge is 2.30. The smallest absolute Gasteiger partial charge is 0.375 e. The molecule has 0 bridgehead atoms. The number of carbonyl (C=O) groups excluding carboxylic acids is 1. The van der Waals surface area contributed by atoms with Crippen molar-refractivity contribution in [1.82, 2.24) is 0 Å². The van der Waals surface area contributed by atoms with Gasteiger partial charge in [-0.1, -0.05) is 23.7 Å². The zero-order chi connectivity index (χ0) is 17.0. The summed E-state index contributed by atoms with van der Waals surface area (Å²) in [5, 5.41) is 5.38. The maximum absolute atomic E-state index is 12.7. The molecule has 23 heavy (non-hydrogen) atoms. The summed E-state index contributed by atoms with van der Waals surface area (Å²) < 4.78 is 38.0. The maximum Gasteiger partial charge on any atom is 0.416 e. The highest BCUT2D eigenvalue weighted by atomic mass is 35.5. The molecule has 0 spiro atoms. The summed E-state index contributed by atoms with van der Waals surface area (Å²) in [6.07, 6.45) is -4.47. The molecule has 0 unspecified atom stereocenters. The van der Waals surface area contributed by atoms with E-state index >= 15 is 0 Å². The van der Waals surface area contributed by atoms with Crippen molar-refractivity contribution in [3.63, 3.8) is 0 Å². The summed E-state index contributed by atoms with van der Waals surface area (Å²) >= 11 is 5.85. The third-order valence-electron chi connectivity index (χ3n) is 3.03. The van der Waals surface area contributed by atoms with Crippen LogP contribution < -0.4 is 10.6 Å². The second-order valence-corrected chi connectivity index (χ2v) is 5.37. The minimum absolute atomic E-state index is 0.0564. The van der Waals surface area contributed by atoms with Crippen molar-refractivity contribution in [2.24, 2.45) is 0 Å². The molecule has 7 heteroatoms. The number of benzene rings is 2. The summed E-state index contributed by atoms with van der Waals surface area (Å²) in [4.78, 5) is 11.9. The van der Waals surface area contributed by atoms with Gasteiger partial charge in [0.25, 0.3) is 0 Å². The lowest BCUT2D eigenvalue weighted by atomic mass is 10.2. The molecule has 0 atom stereocenters. The predicted octanol–water partition coefficient (Wildman–Crippen LogP) is 4.72. The number of hydrogen-bond acceptors (Lipinski definition) is 2. The van der Waals surface area contributed by atoms with Crippen molar-refractivity contribution in [3.05, 3.63) is 58.6 Å². The molecule has 0 saturated heterocycles. The third-order valence-corrected chi connectivity index (χ3v) is 3.36. The average molecular weight is 343 g/mol. The number of anilines is 2. The Bertz CT molecular complexity index is 717. The molecule has 0 aliphatic heterocycles. The van der Waals surface area contributed by atoms with Crippen LogP contribution >= 0.6 is 11.6 Å². The van der Waals surface area contributed by atoms with Gasteiger partial charge in [-0.3, -0.25) is 4.79 Å². The van der Waals surface area contributed by atoms with Crippen LogP contribution in [0.4, 0.5) is 24.5 Å². The summed E-state index contributed by atoms with van der Waals surface area (Å²) in [6, 6.07) is 10.1. The van der Waals surface area contributed by atoms with Crippen LogP contribution in [0.2, 0.25) is 5.02 Å². The van der Waals surface area contributed by atoms with E-state index in [2.05, 4.69) is 10.6 Å². The Labute approximate surface area is 136 Å². The van der Waals surface area contributed by atoms with Gasteiger partial charge < -0.3 is 10.6 Å². The van der Waals surface area contributed by atoms with Crippen LogP contribution in [-0.4, -0.2) is 12.5 Å². The molecule has 0 fully saturated rings. The van der Waals surface area contributed by atoms with Gasteiger partial charge >= 0.3 is 6.18 Å². The Morgan fingerprint density at radius 2 is 1.91 bits per heavy atom. The first kappa shape index (κ1) is 17.1.